The van der Waals surface area contributed by atoms with Crippen molar-refractivity contribution >= 4 is 15.8 Å². The van der Waals surface area contributed by atoms with E-state index in [1.165, 1.54) is 23.1 Å². The molecule has 0 saturated heterocycles. The van der Waals surface area contributed by atoms with Crippen LogP contribution in [0.3, 0.4) is 0 Å². The summed E-state index contributed by atoms with van der Waals surface area (Å²) in [6.07, 6.45) is 5.31. The SMILES string of the molecule is O=S(=O)(Nc1cc(-n2cccn2)ncn1)c1ccc2c(c1)CCO2. The molecule has 0 radical (unpaired) electrons. The lowest BCUT2D eigenvalue weighted by Gasteiger charge is -2.09. The molecule has 3 heterocycles. The third-order valence-electron chi connectivity index (χ3n) is 3.60. The monoisotopic (exact) mass is 343 g/mol. The number of hydrogen-bond acceptors (Lipinski definition) is 6. The maximum Gasteiger partial charge on any atom is 0.263 e. The highest BCUT2D eigenvalue weighted by molar-refractivity contribution is 7.92. The highest BCUT2D eigenvalue weighted by Crippen LogP contribution is 2.28. The topological polar surface area (TPSA) is 99.0 Å². The summed E-state index contributed by atoms with van der Waals surface area (Å²) in [6, 6.07) is 8.08. The van der Waals surface area contributed by atoms with Crippen LogP contribution in [0.4, 0.5) is 5.82 Å². The van der Waals surface area contributed by atoms with E-state index in [-0.39, 0.29) is 10.7 Å². The molecule has 0 saturated carbocycles. The van der Waals surface area contributed by atoms with Gasteiger partial charge in [0.1, 0.15) is 17.9 Å². The van der Waals surface area contributed by atoms with Crippen LogP contribution in [0.5, 0.6) is 5.75 Å². The van der Waals surface area contributed by atoms with E-state index >= 15 is 0 Å². The average Bonchev–Trinajstić information content (AvgIpc) is 3.25. The average molecular weight is 343 g/mol. The van der Waals surface area contributed by atoms with Gasteiger partial charge in [0.2, 0.25) is 0 Å². The molecule has 3 aromatic rings. The van der Waals surface area contributed by atoms with Crippen LogP contribution in [0.2, 0.25) is 0 Å². The fourth-order valence-corrected chi connectivity index (χ4v) is 3.51. The second-order valence-electron chi connectivity index (χ2n) is 5.19. The molecule has 0 spiro atoms. The molecule has 0 aliphatic carbocycles. The fourth-order valence-electron chi connectivity index (χ4n) is 2.46. The van der Waals surface area contributed by atoms with Crippen molar-refractivity contribution < 1.29 is 13.2 Å². The predicted molar refractivity (Wildman–Crippen MR) is 85.6 cm³/mol. The van der Waals surface area contributed by atoms with Crippen molar-refractivity contribution in [2.45, 2.75) is 11.3 Å². The summed E-state index contributed by atoms with van der Waals surface area (Å²) in [5, 5.41) is 4.06. The molecular weight excluding hydrogens is 330 g/mol. The lowest BCUT2D eigenvalue weighted by molar-refractivity contribution is 0.356. The van der Waals surface area contributed by atoms with Gasteiger partial charge < -0.3 is 4.74 Å². The van der Waals surface area contributed by atoms with Crippen molar-refractivity contribution in [3.05, 3.63) is 54.6 Å². The molecule has 0 atom stereocenters. The predicted octanol–water partition coefficient (Wildman–Crippen LogP) is 1.40. The van der Waals surface area contributed by atoms with Gasteiger partial charge in [0.05, 0.1) is 11.5 Å². The van der Waals surface area contributed by atoms with Crippen molar-refractivity contribution in [1.82, 2.24) is 19.7 Å². The van der Waals surface area contributed by atoms with Gasteiger partial charge in [-0.1, -0.05) is 0 Å². The Hall–Kier alpha value is -2.94. The van der Waals surface area contributed by atoms with Crippen LogP contribution in [-0.4, -0.2) is 34.8 Å². The Bertz CT molecular complexity index is 986. The summed E-state index contributed by atoms with van der Waals surface area (Å²) >= 11 is 0. The number of sulfonamides is 1. The molecule has 1 aliphatic heterocycles. The highest BCUT2D eigenvalue weighted by atomic mass is 32.2. The number of nitrogens with zero attached hydrogens (tertiary/aromatic N) is 4. The van der Waals surface area contributed by atoms with E-state index in [1.807, 2.05) is 0 Å². The van der Waals surface area contributed by atoms with Gasteiger partial charge >= 0.3 is 0 Å². The fraction of sp³-hybridized carbons (Fsp3) is 0.133. The standard InChI is InChI=1S/C15H13N5O3S/c21-24(22,12-2-3-13-11(8-12)4-7-23-13)19-14-9-15(17-10-16-14)20-6-1-5-18-20/h1-3,5-6,8-10H,4,7H2,(H,16,17,19). The number of aromatic nitrogens is 4. The molecule has 2 aromatic heterocycles. The molecule has 9 heteroatoms. The van der Waals surface area contributed by atoms with Gasteiger partial charge in [-0.3, -0.25) is 4.72 Å². The Morgan fingerprint density at radius 2 is 2.12 bits per heavy atom. The maximum absolute atomic E-state index is 12.6. The molecule has 1 N–H and O–H groups in total. The Labute approximate surface area is 138 Å². The van der Waals surface area contributed by atoms with Crippen LogP contribution < -0.4 is 9.46 Å². The molecule has 1 aliphatic rings. The molecule has 24 heavy (non-hydrogen) atoms. The Morgan fingerprint density at radius 3 is 2.96 bits per heavy atom. The van der Waals surface area contributed by atoms with Crippen molar-refractivity contribution in [3.8, 4) is 11.6 Å². The van der Waals surface area contributed by atoms with Crippen LogP contribution >= 0.6 is 0 Å². The van der Waals surface area contributed by atoms with E-state index in [0.29, 0.717) is 18.8 Å². The van der Waals surface area contributed by atoms with Gasteiger partial charge in [-0.15, -0.1) is 0 Å². The Morgan fingerprint density at radius 1 is 1.21 bits per heavy atom. The zero-order chi connectivity index (χ0) is 16.6. The molecule has 122 valence electrons. The molecule has 4 rings (SSSR count). The van der Waals surface area contributed by atoms with E-state index in [9.17, 15) is 8.42 Å². The molecule has 0 bridgehead atoms. The first-order valence-corrected chi connectivity index (χ1v) is 8.71. The van der Waals surface area contributed by atoms with Crippen molar-refractivity contribution in [1.29, 1.82) is 0 Å². The number of fused-ring (bicyclic) bond motifs is 1. The number of nitrogens with one attached hydrogen (secondary N) is 1. The van der Waals surface area contributed by atoms with Crippen LogP contribution in [0.15, 0.2) is 53.9 Å². The van der Waals surface area contributed by atoms with Crippen molar-refractivity contribution in [3.63, 3.8) is 0 Å². The lowest BCUT2D eigenvalue weighted by atomic mass is 10.2. The molecule has 8 nitrogen and oxygen atoms in total. The normalized spacial score (nSPS) is 13.3. The zero-order valence-corrected chi connectivity index (χ0v) is 13.3. The second-order valence-corrected chi connectivity index (χ2v) is 6.87. The van der Waals surface area contributed by atoms with Crippen molar-refractivity contribution in [2.75, 3.05) is 11.3 Å². The zero-order valence-electron chi connectivity index (χ0n) is 12.5. The summed E-state index contributed by atoms with van der Waals surface area (Å²) in [5.74, 6) is 1.37. The molecular formula is C15H13N5O3S. The minimum atomic E-state index is -3.75. The second kappa shape index (κ2) is 5.60. The van der Waals surface area contributed by atoms with E-state index in [2.05, 4.69) is 19.8 Å². The lowest BCUT2D eigenvalue weighted by Crippen LogP contribution is -2.14. The van der Waals surface area contributed by atoms with Gasteiger partial charge in [0.15, 0.2) is 5.82 Å². The van der Waals surface area contributed by atoms with Crippen LogP contribution in [0.1, 0.15) is 5.56 Å². The summed E-state index contributed by atoms with van der Waals surface area (Å²) < 4.78 is 34.5. The summed E-state index contributed by atoms with van der Waals surface area (Å²) in [5.41, 5.74) is 0.887. The molecule has 0 unspecified atom stereocenters. The van der Waals surface area contributed by atoms with Crippen LogP contribution in [0, 0.1) is 0 Å². The van der Waals surface area contributed by atoms with Gasteiger partial charge in [-0.25, -0.2) is 23.1 Å². The van der Waals surface area contributed by atoms with Gasteiger partial charge in [0, 0.05) is 24.9 Å². The van der Waals surface area contributed by atoms with Gasteiger partial charge in [0.25, 0.3) is 10.0 Å². The van der Waals surface area contributed by atoms with Gasteiger partial charge in [-0.2, -0.15) is 5.10 Å². The van der Waals surface area contributed by atoms with E-state index in [4.69, 9.17) is 4.74 Å². The van der Waals surface area contributed by atoms with Crippen LogP contribution in [-0.2, 0) is 16.4 Å². The third-order valence-corrected chi connectivity index (χ3v) is 4.95. The van der Waals surface area contributed by atoms with Crippen LogP contribution in [0.25, 0.3) is 5.82 Å². The molecule has 1 aromatic carbocycles. The first-order valence-electron chi connectivity index (χ1n) is 7.22. The number of ether oxygens (including phenoxy) is 1. The Balaban J connectivity index is 1.63. The van der Waals surface area contributed by atoms with E-state index in [1.54, 1.807) is 30.6 Å². The first kappa shape index (κ1) is 14.6. The third kappa shape index (κ3) is 2.69. The maximum atomic E-state index is 12.6. The largest absolute Gasteiger partial charge is 0.493 e. The summed E-state index contributed by atoms with van der Waals surface area (Å²) in [6.45, 7) is 0.575. The summed E-state index contributed by atoms with van der Waals surface area (Å²) in [7, 11) is -3.75. The minimum absolute atomic E-state index is 0.172. The number of hydrogen-bond donors (Lipinski definition) is 1. The summed E-state index contributed by atoms with van der Waals surface area (Å²) in [4.78, 5) is 8.21. The molecule has 0 fully saturated rings. The van der Waals surface area contributed by atoms with Gasteiger partial charge in [-0.05, 0) is 29.8 Å². The minimum Gasteiger partial charge on any atom is -0.493 e. The number of rotatable bonds is 4. The smallest absolute Gasteiger partial charge is 0.263 e. The molecule has 0 amide bonds. The first-order chi connectivity index (χ1) is 11.6. The van der Waals surface area contributed by atoms with E-state index in [0.717, 1.165) is 11.3 Å². The highest BCUT2D eigenvalue weighted by Gasteiger charge is 2.20. The Kier molecular flexibility index (Phi) is 3.42. The van der Waals surface area contributed by atoms with Crippen molar-refractivity contribution in [2.24, 2.45) is 0 Å². The number of anilines is 1. The van der Waals surface area contributed by atoms with E-state index < -0.39 is 10.0 Å². The quantitative estimate of drug-likeness (QED) is 0.769. The number of benzene rings is 1.